The molecule has 1 aromatic rings. The molecule has 0 aromatic carbocycles. The van der Waals surface area contributed by atoms with Crippen molar-refractivity contribution < 1.29 is 0 Å². The van der Waals surface area contributed by atoms with Crippen molar-refractivity contribution in [1.29, 1.82) is 0 Å². The second-order valence-corrected chi connectivity index (χ2v) is 3.08. The summed E-state index contributed by atoms with van der Waals surface area (Å²) < 4.78 is 1.14. The van der Waals surface area contributed by atoms with E-state index in [-0.39, 0.29) is 0 Å². The Morgan fingerprint density at radius 2 is 2.45 bits per heavy atom. The van der Waals surface area contributed by atoms with E-state index in [0.717, 1.165) is 15.6 Å². The summed E-state index contributed by atoms with van der Waals surface area (Å²) in [4.78, 5) is 8.27. The van der Waals surface area contributed by atoms with Crippen LogP contribution in [0.3, 0.4) is 0 Å². The Labute approximate surface area is 67.9 Å². The quantitative estimate of drug-likeness (QED) is 0.538. The first kappa shape index (κ1) is 6.53. The highest BCUT2D eigenvalue weighted by atomic mass is 32.1. The number of rotatable bonds is 0. The molecule has 1 aromatic heterocycles. The van der Waals surface area contributed by atoms with Crippen molar-refractivity contribution in [2.75, 3.05) is 0 Å². The molecule has 11 heavy (non-hydrogen) atoms. The van der Waals surface area contributed by atoms with Crippen LogP contribution in [-0.4, -0.2) is 10.9 Å². The minimum absolute atomic E-state index is 0.993. The molecule has 0 unspecified atom stereocenters. The second kappa shape index (κ2) is 2.46. The third-order valence-electron chi connectivity index (χ3n) is 1.47. The first-order valence-corrected chi connectivity index (χ1v) is 4.16. The van der Waals surface area contributed by atoms with Crippen LogP contribution in [0.1, 0.15) is 6.92 Å². The van der Waals surface area contributed by atoms with Crippen LogP contribution in [0.5, 0.6) is 0 Å². The van der Waals surface area contributed by atoms with Crippen LogP contribution < -0.4 is 9.88 Å². The van der Waals surface area contributed by atoms with Crippen molar-refractivity contribution >= 4 is 29.0 Å². The van der Waals surface area contributed by atoms with Gasteiger partial charge in [0.15, 0.2) is 0 Å². The predicted octanol–water partition coefficient (Wildman–Crippen LogP) is 0.291. The number of aliphatic imine (C=N–C) groups is 1. The standard InChI is InChI=1S/C8H6N2S/c1-6-8-7(10-5-11-8)3-2-4-9-6/h2-3,5H,1H3. The van der Waals surface area contributed by atoms with E-state index in [2.05, 4.69) is 15.8 Å². The summed E-state index contributed by atoms with van der Waals surface area (Å²) in [6.07, 6.45) is 3.71. The molecule has 0 aliphatic carbocycles. The zero-order valence-electron chi connectivity index (χ0n) is 6.03. The Morgan fingerprint density at radius 1 is 1.55 bits per heavy atom. The van der Waals surface area contributed by atoms with Crippen molar-refractivity contribution in [3.8, 4) is 0 Å². The van der Waals surface area contributed by atoms with Crippen molar-refractivity contribution in [3.63, 3.8) is 0 Å². The van der Waals surface area contributed by atoms with E-state index in [1.54, 1.807) is 17.4 Å². The van der Waals surface area contributed by atoms with Gasteiger partial charge in [-0.05, 0) is 18.9 Å². The summed E-state index contributed by atoms with van der Waals surface area (Å²) in [5.74, 6) is 2.80. The van der Waals surface area contributed by atoms with Gasteiger partial charge in [0.1, 0.15) is 0 Å². The fourth-order valence-electron chi connectivity index (χ4n) is 0.945. The van der Waals surface area contributed by atoms with Gasteiger partial charge < -0.3 is 0 Å². The molecule has 0 N–H and O–H groups in total. The summed E-state index contributed by atoms with van der Waals surface area (Å²) in [7, 11) is 0. The van der Waals surface area contributed by atoms with E-state index in [0.29, 0.717) is 0 Å². The minimum atomic E-state index is 0.993. The van der Waals surface area contributed by atoms with Crippen molar-refractivity contribution in [2.24, 2.45) is 4.99 Å². The lowest BCUT2D eigenvalue weighted by Gasteiger charge is -1.80. The maximum absolute atomic E-state index is 4.18. The molecule has 0 fully saturated rings. The molecular weight excluding hydrogens is 156 g/mol. The Morgan fingerprint density at radius 3 is 3.36 bits per heavy atom. The van der Waals surface area contributed by atoms with Gasteiger partial charge >= 0.3 is 0 Å². The third kappa shape index (κ3) is 1.04. The highest BCUT2D eigenvalue weighted by molar-refractivity contribution is 7.07. The smallest absolute Gasteiger partial charge is 0.0837 e. The zero-order valence-corrected chi connectivity index (χ0v) is 6.85. The maximum Gasteiger partial charge on any atom is 0.0837 e. The third-order valence-corrected chi connectivity index (χ3v) is 2.42. The molecule has 0 bridgehead atoms. The van der Waals surface area contributed by atoms with Crippen LogP contribution >= 0.6 is 11.3 Å². The van der Waals surface area contributed by atoms with Gasteiger partial charge in [0.05, 0.1) is 21.1 Å². The summed E-state index contributed by atoms with van der Waals surface area (Å²) >= 11 is 1.61. The normalized spacial score (nSPS) is 14.1. The van der Waals surface area contributed by atoms with Crippen LogP contribution in [0.25, 0.3) is 11.8 Å². The SMILES string of the molecule is CC1=c2scnc2=CC=C=N1. The van der Waals surface area contributed by atoms with Gasteiger partial charge in [0.2, 0.25) is 0 Å². The van der Waals surface area contributed by atoms with E-state index in [1.807, 2.05) is 18.5 Å². The molecule has 3 heteroatoms. The summed E-state index contributed by atoms with van der Waals surface area (Å²) in [6.45, 7) is 1.97. The predicted molar refractivity (Wildman–Crippen MR) is 46.9 cm³/mol. The molecule has 0 radical (unpaired) electrons. The molecule has 0 saturated heterocycles. The van der Waals surface area contributed by atoms with Gasteiger partial charge in [0, 0.05) is 6.08 Å². The van der Waals surface area contributed by atoms with Crippen LogP contribution in [0.15, 0.2) is 16.6 Å². The summed E-state index contributed by atoms with van der Waals surface area (Å²) in [5.41, 5.74) is 2.83. The Balaban J connectivity index is 3.00. The average molecular weight is 162 g/mol. The molecule has 2 rings (SSSR count). The fourth-order valence-corrected chi connectivity index (χ4v) is 1.67. The number of nitrogens with zero attached hydrogens (tertiary/aromatic N) is 2. The monoisotopic (exact) mass is 162 g/mol. The lowest BCUT2D eigenvalue weighted by molar-refractivity contribution is 1.31. The fraction of sp³-hybridized carbons (Fsp3) is 0.125. The second-order valence-electron chi connectivity index (χ2n) is 2.23. The molecular formula is C8H6N2S. The van der Waals surface area contributed by atoms with Crippen LogP contribution in [0.2, 0.25) is 0 Å². The number of thiazole rings is 1. The van der Waals surface area contributed by atoms with E-state index in [1.165, 1.54) is 0 Å². The Hall–Kier alpha value is -1.18. The Bertz CT molecular complexity index is 447. The highest BCUT2D eigenvalue weighted by Crippen LogP contribution is 1.92. The first-order valence-electron chi connectivity index (χ1n) is 3.28. The zero-order chi connectivity index (χ0) is 7.68. The lowest BCUT2D eigenvalue weighted by Crippen LogP contribution is -2.21. The molecule has 0 saturated carbocycles. The lowest BCUT2D eigenvalue weighted by atomic mass is 10.4. The number of hydrogen-bond acceptors (Lipinski definition) is 3. The van der Waals surface area contributed by atoms with Gasteiger partial charge in [-0.15, -0.1) is 11.3 Å². The number of hydrogen-bond donors (Lipinski definition) is 0. The molecule has 2 heterocycles. The number of aromatic nitrogens is 1. The van der Waals surface area contributed by atoms with Gasteiger partial charge in [0.25, 0.3) is 0 Å². The highest BCUT2D eigenvalue weighted by Gasteiger charge is 1.93. The Kier molecular flexibility index (Phi) is 1.46. The molecule has 1 aliphatic rings. The van der Waals surface area contributed by atoms with Crippen LogP contribution in [0, 0.1) is 0 Å². The van der Waals surface area contributed by atoms with Crippen LogP contribution in [-0.2, 0) is 0 Å². The number of allylic oxidation sites excluding steroid dienone is 1. The molecule has 1 aliphatic heterocycles. The molecule has 2 nitrogen and oxygen atoms in total. The van der Waals surface area contributed by atoms with E-state index in [4.69, 9.17) is 0 Å². The topological polar surface area (TPSA) is 25.2 Å². The van der Waals surface area contributed by atoms with Gasteiger partial charge in [-0.25, -0.2) is 9.98 Å². The van der Waals surface area contributed by atoms with Crippen molar-refractivity contribution in [2.45, 2.75) is 6.92 Å². The summed E-state index contributed by atoms with van der Waals surface area (Å²) in [6, 6.07) is 0. The van der Waals surface area contributed by atoms with Crippen LogP contribution in [0.4, 0.5) is 0 Å². The number of fused-ring (bicyclic) bond motifs is 1. The largest absolute Gasteiger partial charge is 0.245 e. The maximum atomic E-state index is 4.18. The van der Waals surface area contributed by atoms with E-state index >= 15 is 0 Å². The van der Waals surface area contributed by atoms with Crippen molar-refractivity contribution in [3.05, 3.63) is 21.5 Å². The molecule has 54 valence electrons. The molecule has 0 spiro atoms. The minimum Gasteiger partial charge on any atom is -0.245 e. The van der Waals surface area contributed by atoms with E-state index < -0.39 is 0 Å². The summed E-state index contributed by atoms with van der Waals surface area (Å²) in [5, 5.41) is 1.00. The van der Waals surface area contributed by atoms with Crippen molar-refractivity contribution in [1.82, 2.24) is 4.98 Å². The van der Waals surface area contributed by atoms with Gasteiger partial charge in [-0.3, -0.25) is 0 Å². The first-order chi connectivity index (χ1) is 5.38. The van der Waals surface area contributed by atoms with Gasteiger partial charge in [-0.2, -0.15) is 0 Å². The molecule has 0 atom stereocenters. The van der Waals surface area contributed by atoms with Gasteiger partial charge in [-0.1, -0.05) is 0 Å². The molecule has 0 amide bonds. The van der Waals surface area contributed by atoms with E-state index in [9.17, 15) is 0 Å². The average Bonchev–Trinajstić information content (AvgIpc) is 2.40.